The van der Waals surface area contributed by atoms with Crippen LogP contribution >= 0.6 is 24.0 Å². The first-order valence-corrected chi connectivity index (χ1v) is 10.1. The minimum absolute atomic E-state index is 0. The van der Waals surface area contributed by atoms with Crippen molar-refractivity contribution in [1.29, 1.82) is 0 Å². The van der Waals surface area contributed by atoms with Gasteiger partial charge in [0.1, 0.15) is 0 Å². The number of guanidine groups is 1. The topological polar surface area (TPSA) is 56.7 Å². The quantitative estimate of drug-likeness (QED) is 0.260. The summed E-state index contributed by atoms with van der Waals surface area (Å²) in [5.74, 6) is 0.991. The van der Waals surface area contributed by atoms with E-state index in [0.717, 1.165) is 45.0 Å². The van der Waals surface area contributed by atoms with Crippen LogP contribution in [0, 0.1) is 0 Å². The van der Waals surface area contributed by atoms with Crippen LogP contribution in [0.2, 0.25) is 0 Å². The lowest BCUT2D eigenvalue weighted by atomic mass is 10.1. The molecule has 156 valence electrons. The minimum atomic E-state index is 0. The van der Waals surface area contributed by atoms with Gasteiger partial charge in [-0.1, -0.05) is 55.5 Å². The summed E-state index contributed by atoms with van der Waals surface area (Å²) in [5, 5.41) is 6.67. The molecular weight excluding hydrogens is 475 g/mol. The molecule has 0 bridgehead atoms. The Kier molecular flexibility index (Phi) is 9.44. The average molecular weight is 506 g/mol. The Morgan fingerprint density at radius 1 is 1.00 bits per heavy atom. The Balaban J connectivity index is 0.00000300. The van der Waals surface area contributed by atoms with Gasteiger partial charge in [-0.15, -0.1) is 24.0 Å². The Morgan fingerprint density at radius 3 is 2.24 bits per heavy atom. The van der Waals surface area contributed by atoms with Gasteiger partial charge in [0.15, 0.2) is 5.96 Å². The molecule has 0 fully saturated rings. The Labute approximate surface area is 191 Å². The summed E-state index contributed by atoms with van der Waals surface area (Å²) in [7, 11) is 1.77. The molecule has 1 amide bonds. The third-order valence-electron chi connectivity index (χ3n) is 5.22. The maximum absolute atomic E-state index is 12.5. The highest BCUT2D eigenvalue weighted by molar-refractivity contribution is 14.0. The van der Waals surface area contributed by atoms with E-state index in [2.05, 4.69) is 58.9 Å². The molecule has 2 aromatic rings. The molecule has 3 rings (SSSR count). The first kappa shape index (κ1) is 23.2. The van der Waals surface area contributed by atoms with Crippen LogP contribution in [-0.4, -0.2) is 30.4 Å². The number of amides is 1. The number of halogens is 1. The largest absolute Gasteiger partial charge is 0.356 e. The Morgan fingerprint density at radius 2 is 1.62 bits per heavy atom. The second-order valence-electron chi connectivity index (χ2n) is 7.10. The van der Waals surface area contributed by atoms with Crippen molar-refractivity contribution >= 4 is 35.8 Å². The van der Waals surface area contributed by atoms with Crippen molar-refractivity contribution in [2.45, 2.75) is 45.8 Å². The standard InChI is InChI=1S/C23H30N4O.HI/c1-3-18-9-4-5-10-19(18)15-26-23(24-2)25-14-8-13-22(28)27-16-20-11-6-7-12-21(20)17-27;/h4-7,9-12H,3,8,13-17H2,1-2H3,(H2,24,25,26);1H. The zero-order chi connectivity index (χ0) is 19.8. The van der Waals surface area contributed by atoms with Gasteiger partial charge in [0.05, 0.1) is 0 Å². The maximum atomic E-state index is 12.5. The fraction of sp³-hybridized carbons (Fsp3) is 0.391. The highest BCUT2D eigenvalue weighted by atomic mass is 127. The number of nitrogens with zero attached hydrogens (tertiary/aromatic N) is 2. The van der Waals surface area contributed by atoms with E-state index in [1.807, 2.05) is 17.0 Å². The first-order valence-electron chi connectivity index (χ1n) is 10.1. The molecule has 6 heteroatoms. The van der Waals surface area contributed by atoms with Gasteiger partial charge in [-0.25, -0.2) is 0 Å². The molecule has 0 atom stereocenters. The molecule has 0 aromatic heterocycles. The van der Waals surface area contributed by atoms with Crippen molar-refractivity contribution in [3.63, 3.8) is 0 Å². The molecule has 1 aliphatic rings. The number of rotatable bonds is 7. The van der Waals surface area contributed by atoms with Crippen LogP contribution in [0.4, 0.5) is 0 Å². The molecule has 5 nitrogen and oxygen atoms in total. The summed E-state index contributed by atoms with van der Waals surface area (Å²) >= 11 is 0. The molecule has 2 aromatic carbocycles. The summed E-state index contributed by atoms with van der Waals surface area (Å²) in [6, 6.07) is 16.7. The summed E-state index contributed by atoms with van der Waals surface area (Å²) in [4.78, 5) is 18.7. The lowest BCUT2D eigenvalue weighted by Gasteiger charge is -2.16. The number of aliphatic imine (C=N–C) groups is 1. The first-order chi connectivity index (χ1) is 13.7. The third-order valence-corrected chi connectivity index (χ3v) is 5.22. The van der Waals surface area contributed by atoms with E-state index in [9.17, 15) is 4.79 Å². The van der Waals surface area contributed by atoms with Crippen molar-refractivity contribution in [1.82, 2.24) is 15.5 Å². The number of nitrogens with one attached hydrogen (secondary N) is 2. The number of aryl methyl sites for hydroxylation is 1. The van der Waals surface area contributed by atoms with Crippen LogP contribution in [0.15, 0.2) is 53.5 Å². The van der Waals surface area contributed by atoms with E-state index in [4.69, 9.17) is 0 Å². The number of benzene rings is 2. The van der Waals surface area contributed by atoms with Crippen molar-refractivity contribution < 1.29 is 4.79 Å². The van der Waals surface area contributed by atoms with Gasteiger partial charge >= 0.3 is 0 Å². The zero-order valence-electron chi connectivity index (χ0n) is 17.3. The maximum Gasteiger partial charge on any atom is 0.223 e. The zero-order valence-corrected chi connectivity index (χ0v) is 19.6. The Hall–Kier alpha value is -2.09. The molecule has 0 saturated carbocycles. The molecule has 1 aliphatic heterocycles. The summed E-state index contributed by atoms with van der Waals surface area (Å²) in [5.41, 5.74) is 5.18. The molecular formula is C23H31IN4O. The number of carbonyl (C=O) groups excluding carboxylic acids is 1. The van der Waals surface area contributed by atoms with Crippen molar-refractivity contribution in [2.75, 3.05) is 13.6 Å². The van der Waals surface area contributed by atoms with Crippen LogP contribution in [0.5, 0.6) is 0 Å². The molecule has 1 heterocycles. The van der Waals surface area contributed by atoms with Gasteiger partial charge in [-0.05, 0) is 35.1 Å². The number of carbonyl (C=O) groups is 1. The predicted octanol–water partition coefficient (Wildman–Crippen LogP) is 3.85. The van der Waals surface area contributed by atoms with Crippen molar-refractivity contribution in [2.24, 2.45) is 4.99 Å². The van der Waals surface area contributed by atoms with Crippen LogP contribution in [0.25, 0.3) is 0 Å². The molecule has 0 radical (unpaired) electrons. The lowest BCUT2D eigenvalue weighted by molar-refractivity contribution is -0.131. The summed E-state index contributed by atoms with van der Waals surface area (Å²) in [6.07, 6.45) is 2.36. The fourth-order valence-electron chi connectivity index (χ4n) is 3.59. The number of hydrogen-bond acceptors (Lipinski definition) is 2. The van der Waals surface area contributed by atoms with Gasteiger partial charge in [-0.3, -0.25) is 9.79 Å². The van der Waals surface area contributed by atoms with Gasteiger partial charge in [-0.2, -0.15) is 0 Å². The summed E-state index contributed by atoms with van der Waals surface area (Å²) < 4.78 is 0. The van der Waals surface area contributed by atoms with E-state index >= 15 is 0 Å². The van der Waals surface area contributed by atoms with E-state index in [-0.39, 0.29) is 29.9 Å². The highest BCUT2D eigenvalue weighted by Gasteiger charge is 2.22. The minimum Gasteiger partial charge on any atom is -0.356 e. The van der Waals surface area contributed by atoms with Crippen LogP contribution in [0.3, 0.4) is 0 Å². The van der Waals surface area contributed by atoms with Gasteiger partial charge < -0.3 is 15.5 Å². The molecule has 0 aliphatic carbocycles. The smallest absolute Gasteiger partial charge is 0.223 e. The fourth-order valence-corrected chi connectivity index (χ4v) is 3.59. The van der Waals surface area contributed by atoms with E-state index in [1.54, 1.807) is 7.05 Å². The molecule has 0 unspecified atom stereocenters. The normalized spacial score (nSPS) is 12.9. The van der Waals surface area contributed by atoms with Crippen LogP contribution in [-0.2, 0) is 30.8 Å². The Bertz CT molecular complexity index is 812. The second kappa shape index (κ2) is 11.8. The molecule has 2 N–H and O–H groups in total. The molecule has 29 heavy (non-hydrogen) atoms. The van der Waals surface area contributed by atoms with Crippen molar-refractivity contribution in [3.8, 4) is 0 Å². The number of fused-ring (bicyclic) bond motifs is 1. The van der Waals surface area contributed by atoms with Crippen LogP contribution in [0.1, 0.15) is 42.0 Å². The third kappa shape index (κ3) is 6.45. The monoisotopic (exact) mass is 506 g/mol. The SMILES string of the molecule is CCc1ccccc1CNC(=NC)NCCCC(=O)N1Cc2ccccc2C1.I. The molecule has 0 saturated heterocycles. The number of hydrogen-bond donors (Lipinski definition) is 2. The predicted molar refractivity (Wildman–Crippen MR) is 129 cm³/mol. The lowest BCUT2D eigenvalue weighted by Crippen LogP contribution is -2.37. The van der Waals surface area contributed by atoms with Crippen molar-refractivity contribution in [3.05, 3.63) is 70.8 Å². The van der Waals surface area contributed by atoms with Gasteiger partial charge in [0, 0.05) is 39.6 Å². The average Bonchev–Trinajstić information content (AvgIpc) is 3.17. The van der Waals surface area contributed by atoms with E-state index in [0.29, 0.717) is 6.42 Å². The van der Waals surface area contributed by atoms with E-state index < -0.39 is 0 Å². The van der Waals surface area contributed by atoms with Gasteiger partial charge in [0.25, 0.3) is 0 Å². The van der Waals surface area contributed by atoms with Gasteiger partial charge in [0.2, 0.25) is 5.91 Å². The molecule has 0 spiro atoms. The van der Waals surface area contributed by atoms with E-state index in [1.165, 1.54) is 22.3 Å². The highest BCUT2D eigenvalue weighted by Crippen LogP contribution is 2.22. The van der Waals surface area contributed by atoms with Crippen LogP contribution < -0.4 is 10.6 Å². The summed E-state index contributed by atoms with van der Waals surface area (Å²) in [6.45, 7) is 5.11. The second-order valence-corrected chi connectivity index (χ2v) is 7.10.